The largest absolute Gasteiger partial charge is 0.380 e. The number of amides is 1. The molecule has 0 heterocycles. The Balaban J connectivity index is 1.22. The number of anilines is 1. The Hall–Kier alpha value is -2.36. The topological polar surface area (TPSA) is 41.1 Å². The molecule has 4 aliphatic carbocycles. The van der Waals surface area contributed by atoms with Gasteiger partial charge >= 0.3 is 0 Å². The van der Waals surface area contributed by atoms with Crippen molar-refractivity contribution in [3.8, 4) is 0 Å². The van der Waals surface area contributed by atoms with Crippen LogP contribution in [0.2, 0.25) is 0 Å². The van der Waals surface area contributed by atoms with Crippen molar-refractivity contribution >= 4 is 11.6 Å². The van der Waals surface area contributed by atoms with Gasteiger partial charge in [-0.05, 0) is 111 Å². The summed E-state index contributed by atoms with van der Waals surface area (Å²) in [4.78, 5) is 13.0. The molecule has 33 heavy (non-hydrogen) atoms. The van der Waals surface area contributed by atoms with E-state index in [0.717, 1.165) is 48.3 Å². The van der Waals surface area contributed by atoms with E-state index in [1.54, 1.807) is 12.1 Å². The third kappa shape index (κ3) is 5.26. The molecule has 0 saturated heterocycles. The number of carbonyl (C=O) groups excluding carboxylic acids is 1. The summed E-state index contributed by atoms with van der Waals surface area (Å²) in [5.74, 6) is 2.45. The maximum atomic E-state index is 13.6. The number of rotatable bonds is 9. The third-order valence-corrected chi connectivity index (χ3v) is 8.21. The summed E-state index contributed by atoms with van der Waals surface area (Å²) in [5, 5.41) is 7.09. The molecule has 4 saturated carbocycles. The Labute approximate surface area is 197 Å². The SMILES string of the molecule is CCCC[C@@H](Cc1cccc(F)c1)NC(=O)c1ccc(NC23CC4CC(CC(C4)C2)C3)cc1. The van der Waals surface area contributed by atoms with Gasteiger partial charge in [-0.25, -0.2) is 4.39 Å². The van der Waals surface area contributed by atoms with Crippen molar-refractivity contribution in [2.45, 2.75) is 82.7 Å². The molecule has 3 nitrogen and oxygen atoms in total. The number of unbranched alkanes of at least 4 members (excludes halogenated alkanes) is 1. The molecule has 0 aromatic heterocycles. The van der Waals surface area contributed by atoms with E-state index in [4.69, 9.17) is 0 Å². The molecule has 4 bridgehead atoms. The number of benzene rings is 2. The monoisotopic (exact) mass is 448 g/mol. The van der Waals surface area contributed by atoms with Crippen LogP contribution in [0.25, 0.3) is 0 Å². The van der Waals surface area contributed by atoms with Gasteiger partial charge in [-0.15, -0.1) is 0 Å². The first-order valence-electron chi connectivity index (χ1n) is 12.9. The molecule has 2 aromatic rings. The summed E-state index contributed by atoms with van der Waals surface area (Å²) in [5.41, 5.74) is 3.02. The van der Waals surface area contributed by atoms with Crippen molar-refractivity contribution in [1.29, 1.82) is 0 Å². The minimum Gasteiger partial charge on any atom is -0.380 e. The molecule has 2 aromatic carbocycles. The summed E-state index contributed by atoms with van der Waals surface area (Å²) in [7, 11) is 0. The summed E-state index contributed by atoms with van der Waals surface area (Å²) in [6.07, 6.45) is 11.9. The molecule has 176 valence electrons. The summed E-state index contributed by atoms with van der Waals surface area (Å²) >= 11 is 0. The molecule has 0 aliphatic heterocycles. The van der Waals surface area contributed by atoms with Crippen LogP contribution in [-0.2, 0) is 6.42 Å². The van der Waals surface area contributed by atoms with Crippen molar-refractivity contribution in [3.05, 3.63) is 65.5 Å². The lowest BCUT2D eigenvalue weighted by Gasteiger charge is -2.57. The van der Waals surface area contributed by atoms with E-state index in [9.17, 15) is 9.18 Å². The van der Waals surface area contributed by atoms with Crippen LogP contribution >= 0.6 is 0 Å². The Bertz CT molecular complexity index is 935. The second-order valence-corrected chi connectivity index (χ2v) is 11.0. The van der Waals surface area contributed by atoms with Crippen molar-refractivity contribution in [3.63, 3.8) is 0 Å². The predicted molar refractivity (Wildman–Crippen MR) is 132 cm³/mol. The average molecular weight is 449 g/mol. The van der Waals surface area contributed by atoms with Crippen LogP contribution in [0.5, 0.6) is 0 Å². The zero-order valence-electron chi connectivity index (χ0n) is 19.8. The molecule has 0 radical (unpaired) electrons. The van der Waals surface area contributed by atoms with Gasteiger partial charge in [0.25, 0.3) is 5.91 Å². The summed E-state index contributed by atoms with van der Waals surface area (Å²) in [6.45, 7) is 2.15. The molecule has 4 aliphatic rings. The van der Waals surface area contributed by atoms with E-state index < -0.39 is 0 Å². The number of nitrogens with one attached hydrogen (secondary N) is 2. The van der Waals surface area contributed by atoms with E-state index in [0.29, 0.717) is 12.0 Å². The highest BCUT2D eigenvalue weighted by Gasteiger charge is 2.50. The lowest BCUT2D eigenvalue weighted by Crippen LogP contribution is -2.54. The Morgan fingerprint density at radius 3 is 2.30 bits per heavy atom. The van der Waals surface area contributed by atoms with Crippen LogP contribution in [0.3, 0.4) is 0 Å². The molecule has 1 atom stereocenters. The van der Waals surface area contributed by atoms with Gasteiger partial charge in [0.15, 0.2) is 0 Å². The third-order valence-electron chi connectivity index (χ3n) is 8.21. The quantitative estimate of drug-likeness (QED) is 0.446. The molecule has 4 heteroatoms. The fourth-order valence-corrected chi connectivity index (χ4v) is 7.17. The average Bonchev–Trinajstić information content (AvgIpc) is 2.77. The first kappa shape index (κ1) is 22.4. The molecule has 0 unspecified atom stereocenters. The fraction of sp³-hybridized carbons (Fsp3) is 0.552. The van der Waals surface area contributed by atoms with Gasteiger partial charge in [0.2, 0.25) is 0 Å². The zero-order chi connectivity index (χ0) is 22.8. The van der Waals surface area contributed by atoms with Crippen LogP contribution in [0, 0.1) is 23.6 Å². The first-order valence-corrected chi connectivity index (χ1v) is 12.9. The predicted octanol–water partition coefficient (Wildman–Crippen LogP) is 6.74. The molecular weight excluding hydrogens is 411 g/mol. The van der Waals surface area contributed by atoms with Gasteiger partial charge < -0.3 is 10.6 Å². The molecule has 4 fully saturated rings. The van der Waals surface area contributed by atoms with Gasteiger partial charge in [-0.1, -0.05) is 31.9 Å². The van der Waals surface area contributed by atoms with Crippen LogP contribution in [0.15, 0.2) is 48.5 Å². The van der Waals surface area contributed by atoms with Crippen molar-refractivity contribution in [2.75, 3.05) is 5.32 Å². The molecule has 0 spiro atoms. The van der Waals surface area contributed by atoms with Crippen molar-refractivity contribution in [2.24, 2.45) is 17.8 Å². The van der Waals surface area contributed by atoms with Crippen LogP contribution in [-0.4, -0.2) is 17.5 Å². The van der Waals surface area contributed by atoms with Crippen molar-refractivity contribution in [1.82, 2.24) is 5.32 Å². The van der Waals surface area contributed by atoms with E-state index >= 15 is 0 Å². The van der Waals surface area contributed by atoms with Gasteiger partial charge in [0.1, 0.15) is 5.82 Å². The standard InChI is InChI=1S/C29H37FN2O/c1-2-3-7-27(16-20-5-4-6-25(30)15-20)31-28(33)24-8-10-26(11-9-24)32-29-17-21-12-22(18-29)14-23(13-21)19-29/h4-6,8-11,15,21-23,27,32H,2-3,7,12-14,16-19H2,1H3,(H,31,33)/t21?,22?,23?,27-,29?/m0/s1. The van der Waals surface area contributed by atoms with Crippen LogP contribution < -0.4 is 10.6 Å². The smallest absolute Gasteiger partial charge is 0.251 e. The second-order valence-electron chi connectivity index (χ2n) is 11.0. The summed E-state index contributed by atoms with van der Waals surface area (Å²) in [6, 6.07) is 14.7. The Morgan fingerprint density at radius 2 is 1.70 bits per heavy atom. The molecule has 2 N–H and O–H groups in total. The number of carbonyl (C=O) groups is 1. The van der Waals surface area contributed by atoms with E-state index in [-0.39, 0.29) is 23.3 Å². The lowest BCUT2D eigenvalue weighted by atomic mass is 9.53. The lowest BCUT2D eigenvalue weighted by molar-refractivity contribution is 0.0107. The fourth-order valence-electron chi connectivity index (χ4n) is 7.17. The van der Waals surface area contributed by atoms with E-state index in [2.05, 4.69) is 29.7 Å². The van der Waals surface area contributed by atoms with E-state index in [1.165, 1.54) is 44.6 Å². The van der Waals surface area contributed by atoms with Crippen LogP contribution in [0.1, 0.15) is 80.6 Å². The highest BCUT2D eigenvalue weighted by Crippen LogP contribution is 2.56. The zero-order valence-corrected chi connectivity index (χ0v) is 19.8. The van der Waals surface area contributed by atoms with Gasteiger partial charge in [0.05, 0.1) is 0 Å². The maximum absolute atomic E-state index is 13.6. The summed E-state index contributed by atoms with van der Waals surface area (Å²) < 4.78 is 13.6. The van der Waals surface area contributed by atoms with Gasteiger partial charge in [-0.2, -0.15) is 0 Å². The number of halogens is 1. The molecule has 6 rings (SSSR count). The highest BCUT2D eigenvalue weighted by atomic mass is 19.1. The number of hydrogen-bond acceptors (Lipinski definition) is 2. The Morgan fingerprint density at radius 1 is 1.03 bits per heavy atom. The number of hydrogen-bond donors (Lipinski definition) is 2. The van der Waals surface area contributed by atoms with Crippen LogP contribution in [0.4, 0.5) is 10.1 Å². The van der Waals surface area contributed by atoms with Gasteiger partial charge in [0, 0.05) is 22.8 Å². The first-order chi connectivity index (χ1) is 16.0. The van der Waals surface area contributed by atoms with Crippen molar-refractivity contribution < 1.29 is 9.18 Å². The normalized spacial score (nSPS) is 28.5. The molecular formula is C29H37FN2O. The van der Waals surface area contributed by atoms with E-state index in [1.807, 2.05) is 18.2 Å². The minimum absolute atomic E-state index is 0.00377. The highest BCUT2D eigenvalue weighted by molar-refractivity contribution is 5.94. The molecule has 1 amide bonds. The minimum atomic E-state index is -0.227. The van der Waals surface area contributed by atoms with Gasteiger partial charge in [-0.3, -0.25) is 4.79 Å². The Kier molecular flexibility index (Phi) is 6.44. The second kappa shape index (κ2) is 9.48. The maximum Gasteiger partial charge on any atom is 0.251 e.